The summed E-state index contributed by atoms with van der Waals surface area (Å²) in [5.41, 5.74) is 5.62. The number of aromatic amines is 1. The molecule has 1 atom stereocenters. The number of nitrogens with zero attached hydrogens (tertiary/aromatic N) is 1. The van der Waals surface area contributed by atoms with E-state index in [0.717, 1.165) is 28.1 Å². The Morgan fingerprint density at radius 1 is 0.857 bits per heavy atom. The summed E-state index contributed by atoms with van der Waals surface area (Å²) in [6.45, 7) is 0. The van der Waals surface area contributed by atoms with Crippen molar-refractivity contribution in [2.45, 2.75) is 6.10 Å². The zero-order valence-corrected chi connectivity index (χ0v) is 14.8. The number of hydroxylamine groups is 1. The number of benzene rings is 2. The second-order valence-corrected chi connectivity index (χ2v) is 6.34. The van der Waals surface area contributed by atoms with E-state index in [2.05, 4.69) is 15.4 Å². The average molecular weight is 371 g/mol. The third-order valence-electron chi connectivity index (χ3n) is 4.38. The molecule has 0 saturated carbocycles. The Morgan fingerprint density at radius 3 is 2.54 bits per heavy atom. The minimum absolute atomic E-state index is 0.247. The maximum Gasteiger partial charge on any atom is 0.216 e. The summed E-state index contributed by atoms with van der Waals surface area (Å²) < 4.78 is 11.6. The largest absolute Gasteiger partial charge is 0.457 e. The molecule has 28 heavy (non-hydrogen) atoms. The van der Waals surface area contributed by atoms with Crippen molar-refractivity contribution < 1.29 is 14.3 Å². The van der Waals surface area contributed by atoms with Gasteiger partial charge in [0, 0.05) is 18.3 Å². The van der Waals surface area contributed by atoms with Gasteiger partial charge in [0.15, 0.2) is 0 Å². The van der Waals surface area contributed by atoms with Crippen molar-refractivity contribution in [1.29, 1.82) is 0 Å². The van der Waals surface area contributed by atoms with E-state index in [1.54, 1.807) is 6.20 Å². The van der Waals surface area contributed by atoms with E-state index in [0.29, 0.717) is 11.6 Å². The van der Waals surface area contributed by atoms with E-state index in [-0.39, 0.29) is 6.10 Å². The SMILES string of the molecule is C1=C(Oc2cnc3cc[nH]c3c2)NO[C@H]1c1ccc(Oc2ccccc2)cc1. The molecule has 0 saturated heterocycles. The quantitative estimate of drug-likeness (QED) is 0.525. The molecular weight excluding hydrogens is 354 g/mol. The average Bonchev–Trinajstić information content (AvgIpc) is 3.39. The number of para-hydroxylation sites is 1. The maximum atomic E-state index is 5.83. The summed E-state index contributed by atoms with van der Waals surface area (Å²) in [4.78, 5) is 13.1. The second-order valence-electron chi connectivity index (χ2n) is 6.34. The van der Waals surface area contributed by atoms with Crippen LogP contribution in [0.25, 0.3) is 11.0 Å². The number of hydrogen-bond acceptors (Lipinski definition) is 5. The fourth-order valence-electron chi connectivity index (χ4n) is 2.99. The van der Waals surface area contributed by atoms with Crippen molar-refractivity contribution in [1.82, 2.24) is 15.4 Å². The van der Waals surface area contributed by atoms with Gasteiger partial charge in [-0.25, -0.2) is 5.48 Å². The lowest BCUT2D eigenvalue weighted by atomic mass is 10.1. The van der Waals surface area contributed by atoms with Crippen LogP contribution >= 0.6 is 0 Å². The Kier molecular flexibility index (Phi) is 4.16. The number of aromatic nitrogens is 2. The van der Waals surface area contributed by atoms with Crippen LogP contribution in [0, 0.1) is 0 Å². The van der Waals surface area contributed by atoms with Crippen LogP contribution in [-0.4, -0.2) is 9.97 Å². The highest BCUT2D eigenvalue weighted by atomic mass is 16.7. The monoisotopic (exact) mass is 371 g/mol. The Morgan fingerprint density at radius 2 is 1.68 bits per heavy atom. The first-order chi connectivity index (χ1) is 13.8. The molecule has 6 heteroatoms. The van der Waals surface area contributed by atoms with Crippen LogP contribution in [-0.2, 0) is 4.84 Å². The standard InChI is InChI=1S/C22H17N3O3/c1-2-4-16(5-3-1)26-17-8-6-15(7-9-17)21-13-22(25-28-21)27-18-12-20-19(24-14-18)10-11-23-20/h1-14,21,23,25H/t21-/m1/s1. The molecule has 1 aliphatic rings. The van der Waals surface area contributed by atoms with Gasteiger partial charge >= 0.3 is 0 Å². The highest BCUT2D eigenvalue weighted by Gasteiger charge is 2.20. The van der Waals surface area contributed by atoms with Crippen molar-refractivity contribution in [3.05, 3.63) is 96.6 Å². The van der Waals surface area contributed by atoms with Gasteiger partial charge < -0.3 is 14.5 Å². The second kappa shape index (κ2) is 7.09. The highest BCUT2D eigenvalue weighted by molar-refractivity contribution is 5.75. The number of nitrogens with one attached hydrogen (secondary N) is 2. The van der Waals surface area contributed by atoms with Crippen LogP contribution in [0.5, 0.6) is 17.2 Å². The number of ether oxygens (including phenoxy) is 2. The van der Waals surface area contributed by atoms with Gasteiger partial charge in [-0.3, -0.25) is 9.82 Å². The van der Waals surface area contributed by atoms with Gasteiger partial charge in [-0.2, -0.15) is 0 Å². The van der Waals surface area contributed by atoms with Crippen LogP contribution in [0.4, 0.5) is 0 Å². The lowest BCUT2D eigenvalue weighted by Gasteiger charge is -2.09. The van der Waals surface area contributed by atoms with E-state index in [9.17, 15) is 0 Å². The first-order valence-corrected chi connectivity index (χ1v) is 8.91. The molecule has 3 heterocycles. The number of fused-ring (bicyclic) bond motifs is 1. The normalized spacial score (nSPS) is 15.9. The van der Waals surface area contributed by atoms with Crippen LogP contribution in [0.1, 0.15) is 11.7 Å². The summed E-state index contributed by atoms with van der Waals surface area (Å²) in [5.74, 6) is 2.73. The molecule has 0 radical (unpaired) electrons. The van der Waals surface area contributed by atoms with E-state index in [1.807, 2.05) is 79.0 Å². The van der Waals surface area contributed by atoms with Crippen LogP contribution < -0.4 is 15.0 Å². The molecule has 0 aliphatic carbocycles. The van der Waals surface area contributed by atoms with Crippen molar-refractivity contribution in [2.24, 2.45) is 0 Å². The fourth-order valence-corrected chi connectivity index (χ4v) is 2.99. The lowest BCUT2D eigenvalue weighted by Crippen LogP contribution is -2.12. The maximum absolute atomic E-state index is 5.83. The first-order valence-electron chi connectivity index (χ1n) is 8.91. The van der Waals surface area contributed by atoms with Crippen LogP contribution in [0.2, 0.25) is 0 Å². The molecule has 2 aromatic heterocycles. The molecule has 2 N–H and O–H groups in total. The van der Waals surface area contributed by atoms with Gasteiger partial charge in [0.05, 0.1) is 17.2 Å². The smallest absolute Gasteiger partial charge is 0.216 e. The molecular formula is C22H17N3O3. The topological polar surface area (TPSA) is 68.4 Å². The lowest BCUT2D eigenvalue weighted by molar-refractivity contribution is 0.0273. The van der Waals surface area contributed by atoms with E-state index < -0.39 is 0 Å². The molecule has 0 amide bonds. The highest BCUT2D eigenvalue weighted by Crippen LogP contribution is 2.29. The molecule has 4 aromatic rings. The van der Waals surface area contributed by atoms with Crippen LogP contribution in [0.3, 0.4) is 0 Å². The Bertz CT molecular complexity index is 1120. The van der Waals surface area contributed by atoms with Crippen molar-refractivity contribution in [3.63, 3.8) is 0 Å². The Labute approximate surface area is 161 Å². The Hall–Kier alpha value is -3.77. The molecule has 0 unspecified atom stereocenters. The van der Waals surface area contributed by atoms with Gasteiger partial charge in [0.2, 0.25) is 5.88 Å². The van der Waals surface area contributed by atoms with Gasteiger partial charge in [-0.05, 0) is 35.9 Å². The zero-order valence-electron chi connectivity index (χ0n) is 14.8. The number of rotatable bonds is 5. The van der Waals surface area contributed by atoms with Crippen molar-refractivity contribution >= 4 is 11.0 Å². The van der Waals surface area contributed by atoms with E-state index in [1.165, 1.54) is 0 Å². The Balaban J connectivity index is 1.27. The van der Waals surface area contributed by atoms with Crippen molar-refractivity contribution in [2.75, 3.05) is 0 Å². The first kappa shape index (κ1) is 16.4. The minimum Gasteiger partial charge on any atom is -0.457 e. The third kappa shape index (κ3) is 3.41. The summed E-state index contributed by atoms with van der Waals surface area (Å²) in [6.07, 6.45) is 5.16. The van der Waals surface area contributed by atoms with Gasteiger partial charge in [0.25, 0.3) is 0 Å². The van der Waals surface area contributed by atoms with E-state index in [4.69, 9.17) is 14.3 Å². The van der Waals surface area contributed by atoms with Gasteiger partial charge in [-0.1, -0.05) is 30.3 Å². The molecule has 6 nitrogen and oxygen atoms in total. The van der Waals surface area contributed by atoms with Gasteiger partial charge in [-0.15, -0.1) is 0 Å². The summed E-state index contributed by atoms with van der Waals surface area (Å²) in [5, 5.41) is 0. The van der Waals surface area contributed by atoms with E-state index >= 15 is 0 Å². The molecule has 138 valence electrons. The van der Waals surface area contributed by atoms with Crippen LogP contribution in [0.15, 0.2) is 91.1 Å². The summed E-state index contributed by atoms with van der Waals surface area (Å²) in [7, 11) is 0. The summed E-state index contributed by atoms with van der Waals surface area (Å²) >= 11 is 0. The fraction of sp³-hybridized carbons (Fsp3) is 0.0455. The molecule has 0 fully saturated rings. The predicted octanol–water partition coefficient (Wildman–Crippen LogP) is 4.85. The predicted molar refractivity (Wildman–Crippen MR) is 105 cm³/mol. The third-order valence-corrected chi connectivity index (χ3v) is 4.38. The molecule has 1 aliphatic heterocycles. The number of hydrogen-bond donors (Lipinski definition) is 2. The van der Waals surface area contributed by atoms with Crippen molar-refractivity contribution in [3.8, 4) is 17.2 Å². The minimum atomic E-state index is -0.247. The van der Waals surface area contributed by atoms with Gasteiger partial charge in [0.1, 0.15) is 23.4 Å². The number of H-pyrrole nitrogens is 1. The molecule has 5 rings (SSSR count). The molecule has 2 aromatic carbocycles. The zero-order chi connectivity index (χ0) is 18.8. The molecule has 0 bridgehead atoms. The number of pyridine rings is 1. The summed E-state index contributed by atoms with van der Waals surface area (Å²) in [6, 6.07) is 21.3. The molecule has 0 spiro atoms.